The van der Waals surface area contributed by atoms with Crippen LogP contribution in [0.15, 0.2) is 52.9 Å². The number of aliphatic hydroxyl groups excluding tert-OH is 1. The maximum Gasteiger partial charge on any atom is 0.321 e. The van der Waals surface area contributed by atoms with Gasteiger partial charge in [0.15, 0.2) is 5.58 Å². The van der Waals surface area contributed by atoms with Crippen LogP contribution in [0.25, 0.3) is 22.6 Å². The normalized spacial score (nSPS) is 10.7. The van der Waals surface area contributed by atoms with Gasteiger partial charge in [-0.3, -0.25) is 0 Å². The minimum Gasteiger partial charge on any atom is -0.436 e. The lowest BCUT2D eigenvalue weighted by molar-refractivity contribution is 0.202. The van der Waals surface area contributed by atoms with Gasteiger partial charge in [0.25, 0.3) is 0 Å². The van der Waals surface area contributed by atoms with Crippen LogP contribution >= 0.6 is 0 Å². The highest BCUT2D eigenvalue weighted by atomic mass is 16.3. The molecule has 0 aliphatic rings. The number of oxazole rings is 1. The van der Waals surface area contributed by atoms with Crippen molar-refractivity contribution in [2.45, 2.75) is 0 Å². The van der Waals surface area contributed by atoms with Gasteiger partial charge < -0.3 is 19.7 Å². The Balaban J connectivity index is 1.75. The lowest BCUT2D eigenvalue weighted by Crippen LogP contribution is -2.33. The van der Waals surface area contributed by atoms with E-state index in [9.17, 15) is 4.79 Å². The zero-order chi connectivity index (χ0) is 16.2. The summed E-state index contributed by atoms with van der Waals surface area (Å²) in [5.74, 6) is 0.543. The van der Waals surface area contributed by atoms with Crippen LogP contribution in [0.2, 0.25) is 0 Å². The van der Waals surface area contributed by atoms with Crippen LogP contribution in [0.3, 0.4) is 0 Å². The molecule has 0 unspecified atom stereocenters. The van der Waals surface area contributed by atoms with Crippen molar-refractivity contribution in [3.8, 4) is 11.5 Å². The van der Waals surface area contributed by atoms with Gasteiger partial charge >= 0.3 is 6.03 Å². The Morgan fingerprint density at radius 1 is 1.22 bits per heavy atom. The molecular weight excluding hydrogens is 294 g/mol. The SMILES string of the molecule is CN(CCO)C(=O)Nc1ccc(-c2nc3ccccc3o2)cc1. The maximum absolute atomic E-state index is 11.8. The molecule has 3 aromatic rings. The highest BCUT2D eigenvalue weighted by Crippen LogP contribution is 2.25. The van der Waals surface area contributed by atoms with Gasteiger partial charge in [-0.1, -0.05) is 12.1 Å². The fourth-order valence-corrected chi connectivity index (χ4v) is 2.16. The Morgan fingerprint density at radius 2 is 1.96 bits per heavy atom. The van der Waals surface area contributed by atoms with E-state index in [2.05, 4.69) is 10.3 Å². The molecule has 2 N–H and O–H groups in total. The zero-order valence-corrected chi connectivity index (χ0v) is 12.7. The first-order valence-electron chi connectivity index (χ1n) is 7.26. The molecule has 0 atom stereocenters. The van der Waals surface area contributed by atoms with Gasteiger partial charge in [0, 0.05) is 24.8 Å². The van der Waals surface area contributed by atoms with Crippen molar-refractivity contribution in [1.29, 1.82) is 0 Å². The Kier molecular flexibility index (Phi) is 4.25. The first-order chi connectivity index (χ1) is 11.2. The van der Waals surface area contributed by atoms with E-state index >= 15 is 0 Å². The van der Waals surface area contributed by atoms with Gasteiger partial charge in [-0.25, -0.2) is 9.78 Å². The summed E-state index contributed by atoms with van der Waals surface area (Å²) in [6, 6.07) is 14.6. The fraction of sp³-hybridized carbons (Fsp3) is 0.176. The molecule has 2 amide bonds. The number of aromatic nitrogens is 1. The Labute approximate surface area is 133 Å². The van der Waals surface area contributed by atoms with Crippen molar-refractivity contribution in [2.75, 3.05) is 25.5 Å². The topological polar surface area (TPSA) is 78.6 Å². The standard InChI is InChI=1S/C17H17N3O3/c1-20(10-11-21)17(22)18-13-8-6-12(7-9-13)16-19-14-4-2-3-5-15(14)23-16/h2-9,21H,10-11H2,1H3,(H,18,22). The van der Waals surface area contributed by atoms with E-state index in [0.717, 1.165) is 16.7 Å². The van der Waals surface area contributed by atoms with E-state index in [-0.39, 0.29) is 19.2 Å². The maximum atomic E-state index is 11.8. The van der Waals surface area contributed by atoms with Crippen LogP contribution in [0.1, 0.15) is 0 Å². The number of urea groups is 1. The fourth-order valence-electron chi connectivity index (χ4n) is 2.16. The minimum atomic E-state index is -0.270. The summed E-state index contributed by atoms with van der Waals surface area (Å²) in [6.45, 7) is 0.216. The number of nitrogens with zero attached hydrogens (tertiary/aromatic N) is 2. The summed E-state index contributed by atoms with van der Waals surface area (Å²) in [6.07, 6.45) is 0. The molecule has 0 radical (unpaired) electrons. The number of nitrogens with one attached hydrogen (secondary N) is 1. The highest BCUT2D eigenvalue weighted by molar-refractivity contribution is 5.89. The number of aliphatic hydroxyl groups is 1. The van der Waals surface area contributed by atoms with Gasteiger partial charge in [0.2, 0.25) is 5.89 Å². The van der Waals surface area contributed by atoms with Crippen molar-refractivity contribution >= 4 is 22.8 Å². The van der Waals surface area contributed by atoms with Crippen molar-refractivity contribution in [3.05, 3.63) is 48.5 Å². The lowest BCUT2D eigenvalue weighted by atomic mass is 10.2. The summed E-state index contributed by atoms with van der Waals surface area (Å²) in [4.78, 5) is 17.7. The van der Waals surface area contributed by atoms with Gasteiger partial charge in [0.1, 0.15) is 5.52 Å². The summed E-state index contributed by atoms with van der Waals surface area (Å²) in [7, 11) is 1.62. The second-order valence-corrected chi connectivity index (χ2v) is 5.14. The molecule has 0 saturated carbocycles. The van der Waals surface area contributed by atoms with Crippen molar-refractivity contribution < 1.29 is 14.3 Å². The van der Waals surface area contributed by atoms with Gasteiger partial charge in [-0.05, 0) is 36.4 Å². The van der Waals surface area contributed by atoms with Gasteiger partial charge in [-0.2, -0.15) is 0 Å². The van der Waals surface area contributed by atoms with Gasteiger partial charge in [0.05, 0.1) is 6.61 Å². The highest BCUT2D eigenvalue weighted by Gasteiger charge is 2.10. The predicted molar refractivity (Wildman–Crippen MR) is 88.2 cm³/mol. The number of rotatable bonds is 4. The largest absolute Gasteiger partial charge is 0.436 e. The molecule has 0 saturated heterocycles. The number of para-hydroxylation sites is 2. The molecular formula is C17H17N3O3. The van der Waals surface area contributed by atoms with Crippen LogP contribution in [0.5, 0.6) is 0 Å². The Hall–Kier alpha value is -2.86. The molecule has 2 aromatic carbocycles. The Morgan fingerprint density at radius 3 is 2.65 bits per heavy atom. The van der Waals surface area contributed by atoms with Gasteiger partial charge in [-0.15, -0.1) is 0 Å². The quantitative estimate of drug-likeness (QED) is 0.776. The summed E-state index contributed by atoms with van der Waals surface area (Å²) in [5.41, 5.74) is 3.05. The molecule has 0 aliphatic heterocycles. The minimum absolute atomic E-state index is 0.0689. The van der Waals surface area contributed by atoms with Crippen LogP contribution in [0, 0.1) is 0 Å². The Bertz CT molecular complexity index is 778. The van der Waals surface area contributed by atoms with E-state index in [1.807, 2.05) is 36.4 Å². The van der Waals surface area contributed by atoms with E-state index in [0.29, 0.717) is 11.6 Å². The third-order valence-corrected chi connectivity index (χ3v) is 3.46. The van der Waals surface area contributed by atoms with Crippen LogP contribution in [0.4, 0.5) is 10.5 Å². The zero-order valence-electron chi connectivity index (χ0n) is 12.7. The first kappa shape index (κ1) is 15.1. The molecule has 0 aliphatic carbocycles. The van der Waals surface area contributed by atoms with Crippen molar-refractivity contribution in [1.82, 2.24) is 9.88 Å². The molecule has 3 rings (SSSR count). The van der Waals surface area contributed by atoms with E-state index in [4.69, 9.17) is 9.52 Å². The van der Waals surface area contributed by atoms with Crippen LogP contribution < -0.4 is 5.32 Å². The molecule has 0 bridgehead atoms. The van der Waals surface area contributed by atoms with E-state index < -0.39 is 0 Å². The third-order valence-electron chi connectivity index (χ3n) is 3.46. The van der Waals surface area contributed by atoms with Crippen molar-refractivity contribution in [2.24, 2.45) is 0 Å². The molecule has 6 heteroatoms. The van der Waals surface area contributed by atoms with Crippen LogP contribution in [-0.2, 0) is 0 Å². The van der Waals surface area contributed by atoms with E-state index in [1.54, 1.807) is 19.2 Å². The summed E-state index contributed by atoms with van der Waals surface area (Å²) >= 11 is 0. The second-order valence-electron chi connectivity index (χ2n) is 5.14. The molecule has 1 aromatic heterocycles. The summed E-state index contributed by atoms with van der Waals surface area (Å²) in [5, 5.41) is 11.6. The number of carbonyl (C=O) groups is 1. The number of carbonyl (C=O) groups excluding carboxylic acids is 1. The second kappa shape index (κ2) is 6.50. The number of benzene rings is 2. The number of amides is 2. The smallest absolute Gasteiger partial charge is 0.321 e. The molecule has 23 heavy (non-hydrogen) atoms. The number of hydrogen-bond donors (Lipinski definition) is 2. The molecule has 0 spiro atoms. The number of likely N-dealkylation sites (N-methyl/N-ethyl adjacent to an activating group) is 1. The first-order valence-corrected chi connectivity index (χ1v) is 7.26. The summed E-state index contributed by atoms with van der Waals surface area (Å²) < 4.78 is 5.71. The lowest BCUT2D eigenvalue weighted by Gasteiger charge is -2.16. The average Bonchev–Trinajstić information content (AvgIpc) is 2.99. The predicted octanol–water partition coefficient (Wildman–Crippen LogP) is 2.95. The molecule has 118 valence electrons. The van der Waals surface area contributed by atoms with E-state index in [1.165, 1.54) is 4.90 Å². The number of hydrogen-bond acceptors (Lipinski definition) is 4. The molecule has 1 heterocycles. The number of fused-ring (bicyclic) bond motifs is 1. The third kappa shape index (κ3) is 3.32. The monoisotopic (exact) mass is 311 g/mol. The van der Waals surface area contributed by atoms with Crippen molar-refractivity contribution in [3.63, 3.8) is 0 Å². The number of anilines is 1. The molecule has 6 nitrogen and oxygen atoms in total. The average molecular weight is 311 g/mol. The van der Waals surface area contributed by atoms with Crippen LogP contribution in [-0.4, -0.2) is 41.2 Å². The molecule has 0 fully saturated rings.